The number of hydrogen-bond donors (Lipinski definition) is 1. The second-order valence-electron chi connectivity index (χ2n) is 5.86. The van der Waals surface area contributed by atoms with E-state index in [0.717, 1.165) is 21.3 Å². The number of piperidine rings is 3. The van der Waals surface area contributed by atoms with E-state index in [1.54, 1.807) is 0 Å². The molecule has 5 rings (SSSR count). The van der Waals surface area contributed by atoms with Gasteiger partial charge in [0.2, 0.25) is 0 Å². The minimum Gasteiger partial charge on any atom is -0.347 e. The molecule has 4 nitrogen and oxygen atoms in total. The van der Waals surface area contributed by atoms with Crippen LogP contribution in [-0.2, 0) is 0 Å². The summed E-state index contributed by atoms with van der Waals surface area (Å²) in [5.74, 6) is 0.684. The van der Waals surface area contributed by atoms with Gasteiger partial charge < -0.3 is 10.2 Å². The van der Waals surface area contributed by atoms with E-state index in [4.69, 9.17) is 11.6 Å². The van der Waals surface area contributed by atoms with Gasteiger partial charge >= 0.3 is 0 Å². The quantitative estimate of drug-likeness (QED) is 0.920. The van der Waals surface area contributed by atoms with Crippen molar-refractivity contribution < 1.29 is 4.79 Å². The number of thiophene rings is 1. The van der Waals surface area contributed by atoms with E-state index in [0.29, 0.717) is 17.1 Å². The fraction of sp³-hybridized carbons (Fsp3) is 0.467. The summed E-state index contributed by atoms with van der Waals surface area (Å²) in [6, 6.07) is 4.13. The number of halogens is 1. The number of nitrogens with zero attached hydrogens (tertiary/aromatic N) is 2. The van der Waals surface area contributed by atoms with Gasteiger partial charge in [-0.15, -0.1) is 22.7 Å². The van der Waals surface area contributed by atoms with Crippen molar-refractivity contribution in [2.24, 2.45) is 5.92 Å². The van der Waals surface area contributed by atoms with Crippen molar-refractivity contribution in [1.29, 1.82) is 0 Å². The van der Waals surface area contributed by atoms with Crippen molar-refractivity contribution in [1.82, 2.24) is 15.2 Å². The molecule has 3 aliphatic rings. The minimum absolute atomic E-state index is 0.0395. The van der Waals surface area contributed by atoms with Gasteiger partial charge in [-0.25, -0.2) is 4.98 Å². The molecule has 1 N–H and O–H groups in total. The van der Waals surface area contributed by atoms with E-state index in [2.05, 4.69) is 15.2 Å². The molecule has 0 saturated carbocycles. The number of aromatic nitrogens is 1. The van der Waals surface area contributed by atoms with Crippen LogP contribution in [0.15, 0.2) is 17.5 Å². The average molecular weight is 354 g/mol. The maximum absolute atomic E-state index is 12.5. The Morgan fingerprint density at radius 2 is 2.18 bits per heavy atom. The van der Waals surface area contributed by atoms with Gasteiger partial charge in [0.15, 0.2) is 0 Å². The fourth-order valence-corrected chi connectivity index (χ4v) is 5.24. The van der Waals surface area contributed by atoms with Gasteiger partial charge in [-0.2, -0.15) is 0 Å². The smallest absolute Gasteiger partial charge is 0.261 e. The summed E-state index contributed by atoms with van der Waals surface area (Å²) in [6.07, 6.45) is 2.41. The van der Waals surface area contributed by atoms with Crippen molar-refractivity contribution in [3.8, 4) is 9.88 Å². The summed E-state index contributed by atoms with van der Waals surface area (Å²) in [5.41, 5.74) is 0. The zero-order valence-electron chi connectivity index (χ0n) is 11.9. The summed E-state index contributed by atoms with van der Waals surface area (Å²) in [6.45, 7) is 3.37. The zero-order chi connectivity index (χ0) is 15.1. The van der Waals surface area contributed by atoms with Gasteiger partial charge in [0.1, 0.15) is 10.2 Å². The molecule has 22 heavy (non-hydrogen) atoms. The van der Waals surface area contributed by atoms with Crippen LogP contribution in [0, 0.1) is 5.92 Å². The highest BCUT2D eigenvalue weighted by molar-refractivity contribution is 7.22. The topological polar surface area (TPSA) is 45.2 Å². The van der Waals surface area contributed by atoms with Crippen LogP contribution < -0.4 is 5.32 Å². The van der Waals surface area contributed by atoms with Crippen LogP contribution in [0.25, 0.3) is 9.88 Å². The van der Waals surface area contributed by atoms with Crippen molar-refractivity contribution in [3.63, 3.8) is 0 Å². The number of thiazole rings is 1. The van der Waals surface area contributed by atoms with E-state index >= 15 is 0 Å². The number of amides is 1. The third-order valence-electron chi connectivity index (χ3n) is 4.49. The molecule has 1 unspecified atom stereocenters. The number of carbonyl (C=O) groups excluding carboxylic acids is 1. The molecular formula is C15H16ClN3OS2. The van der Waals surface area contributed by atoms with Gasteiger partial charge in [-0.1, -0.05) is 11.6 Å². The Morgan fingerprint density at radius 1 is 1.36 bits per heavy atom. The lowest BCUT2D eigenvalue weighted by Gasteiger charge is -2.44. The lowest BCUT2D eigenvalue weighted by molar-refractivity contribution is 0.0622. The van der Waals surface area contributed by atoms with Gasteiger partial charge in [-0.05, 0) is 44.0 Å². The van der Waals surface area contributed by atoms with Crippen LogP contribution in [0.2, 0.25) is 5.15 Å². The van der Waals surface area contributed by atoms with Crippen LogP contribution in [0.3, 0.4) is 0 Å². The molecule has 5 heterocycles. The van der Waals surface area contributed by atoms with Gasteiger partial charge in [0.25, 0.3) is 5.91 Å². The van der Waals surface area contributed by atoms with Crippen molar-refractivity contribution in [2.75, 3.05) is 19.6 Å². The van der Waals surface area contributed by atoms with Crippen molar-refractivity contribution in [3.05, 3.63) is 27.5 Å². The predicted molar refractivity (Wildman–Crippen MR) is 90.9 cm³/mol. The monoisotopic (exact) mass is 353 g/mol. The summed E-state index contributed by atoms with van der Waals surface area (Å²) >= 11 is 8.85. The van der Waals surface area contributed by atoms with Crippen LogP contribution in [-0.4, -0.2) is 41.5 Å². The first-order valence-electron chi connectivity index (χ1n) is 7.43. The Morgan fingerprint density at radius 3 is 2.82 bits per heavy atom. The van der Waals surface area contributed by atoms with Crippen LogP contribution in [0.1, 0.15) is 22.5 Å². The van der Waals surface area contributed by atoms with Crippen molar-refractivity contribution in [2.45, 2.75) is 18.9 Å². The largest absolute Gasteiger partial charge is 0.347 e. The Bertz CT molecular complexity index is 691. The van der Waals surface area contributed by atoms with E-state index < -0.39 is 0 Å². The molecule has 2 bridgehead atoms. The number of fused-ring (bicyclic) bond motifs is 3. The maximum Gasteiger partial charge on any atom is 0.261 e. The molecule has 0 aromatic carbocycles. The first kappa shape index (κ1) is 14.6. The molecule has 3 fully saturated rings. The Balaban J connectivity index is 1.46. The summed E-state index contributed by atoms with van der Waals surface area (Å²) in [4.78, 5) is 20.9. The molecule has 7 heteroatoms. The van der Waals surface area contributed by atoms with Crippen LogP contribution in [0.5, 0.6) is 0 Å². The molecule has 1 atom stereocenters. The minimum atomic E-state index is 0.0395. The van der Waals surface area contributed by atoms with E-state index in [9.17, 15) is 4.79 Å². The van der Waals surface area contributed by atoms with Crippen LogP contribution >= 0.6 is 34.3 Å². The van der Waals surface area contributed by atoms with Gasteiger partial charge in [-0.3, -0.25) is 4.79 Å². The molecule has 3 saturated heterocycles. The molecule has 0 radical (unpaired) electrons. The summed E-state index contributed by atoms with van der Waals surface area (Å²) in [7, 11) is 0. The number of hydrogen-bond acceptors (Lipinski definition) is 5. The Labute approximate surface area is 142 Å². The third-order valence-corrected chi connectivity index (χ3v) is 6.91. The van der Waals surface area contributed by atoms with Gasteiger partial charge in [0.05, 0.1) is 9.75 Å². The zero-order valence-corrected chi connectivity index (χ0v) is 14.3. The third kappa shape index (κ3) is 2.80. The molecule has 3 aliphatic heterocycles. The number of rotatable bonds is 3. The van der Waals surface area contributed by atoms with Crippen molar-refractivity contribution >= 4 is 40.2 Å². The Hall–Kier alpha value is -0.950. The van der Waals surface area contributed by atoms with E-state index in [-0.39, 0.29) is 5.91 Å². The Kier molecular flexibility index (Phi) is 3.94. The molecule has 2 aromatic rings. The molecule has 0 spiro atoms. The first-order valence-corrected chi connectivity index (χ1v) is 9.51. The van der Waals surface area contributed by atoms with E-state index in [1.807, 2.05) is 17.5 Å². The second-order valence-corrected chi connectivity index (χ2v) is 8.19. The van der Waals surface area contributed by atoms with Crippen LogP contribution in [0.4, 0.5) is 0 Å². The highest BCUT2D eigenvalue weighted by Gasteiger charge is 2.35. The highest BCUT2D eigenvalue weighted by atomic mass is 35.5. The lowest BCUT2D eigenvalue weighted by Crippen LogP contribution is -2.57. The number of nitrogens with one attached hydrogen (secondary N) is 1. The fourth-order valence-electron chi connectivity index (χ4n) is 3.31. The lowest BCUT2D eigenvalue weighted by atomic mass is 9.84. The normalized spacial score (nSPS) is 27.0. The standard InChI is InChI=1S/C15H16ClN3OS2/c16-13-8-21-15(18-13)12-2-1-11(22-12)14(20)17-10-7-19-5-3-9(10)4-6-19/h1-2,8-10H,3-7H2,(H,17,20). The van der Waals surface area contributed by atoms with Gasteiger partial charge in [0, 0.05) is 18.0 Å². The maximum atomic E-state index is 12.5. The molecule has 2 aromatic heterocycles. The molecular weight excluding hydrogens is 338 g/mol. The second kappa shape index (κ2) is 5.92. The molecule has 116 valence electrons. The molecule has 1 amide bonds. The number of carbonyl (C=O) groups is 1. The average Bonchev–Trinajstić information content (AvgIpc) is 3.17. The van der Waals surface area contributed by atoms with E-state index in [1.165, 1.54) is 48.6 Å². The SMILES string of the molecule is O=C(NC1CN2CCC1CC2)c1ccc(-c2nc(Cl)cs2)s1. The predicted octanol–water partition coefficient (Wildman–Crippen LogP) is 3.35. The summed E-state index contributed by atoms with van der Waals surface area (Å²) in [5, 5.41) is 6.41. The first-order chi connectivity index (χ1) is 10.7. The highest BCUT2D eigenvalue weighted by Crippen LogP contribution is 2.32. The summed E-state index contributed by atoms with van der Waals surface area (Å²) < 4.78 is 0. The molecule has 0 aliphatic carbocycles.